The third-order valence-corrected chi connectivity index (χ3v) is 1.84. The van der Waals surface area contributed by atoms with Crippen LogP contribution in [0.25, 0.3) is 6.08 Å². The van der Waals surface area contributed by atoms with Crippen LogP contribution in [-0.4, -0.2) is 18.1 Å². The van der Waals surface area contributed by atoms with Crippen molar-refractivity contribution in [3.63, 3.8) is 0 Å². The molecule has 0 radical (unpaired) electrons. The summed E-state index contributed by atoms with van der Waals surface area (Å²) in [4.78, 5) is 3.68. The van der Waals surface area contributed by atoms with Gasteiger partial charge in [0.25, 0.3) is 0 Å². The van der Waals surface area contributed by atoms with Gasteiger partial charge in [-0.05, 0) is 25.6 Å². The molecule has 0 saturated carbocycles. The molecular weight excluding hydrogens is 179 g/mol. The number of nitrogens with one attached hydrogen (secondary N) is 1. The lowest BCUT2D eigenvalue weighted by atomic mass is 10.2. The summed E-state index contributed by atoms with van der Waals surface area (Å²) in [5.41, 5.74) is 0.594. The summed E-state index contributed by atoms with van der Waals surface area (Å²) in [7, 11) is 0. The summed E-state index contributed by atoms with van der Waals surface area (Å²) in [5.74, 6) is -0.271. The van der Waals surface area contributed by atoms with Crippen molar-refractivity contribution in [3.8, 4) is 0 Å². The van der Waals surface area contributed by atoms with Gasteiger partial charge < -0.3 is 5.32 Å². The van der Waals surface area contributed by atoms with E-state index in [4.69, 9.17) is 0 Å². The predicted octanol–water partition coefficient (Wildman–Crippen LogP) is 2.23. The SMILES string of the molecule is CCNCC/C=C/c1ccncc1F. The number of pyridine rings is 1. The highest BCUT2D eigenvalue weighted by molar-refractivity contribution is 5.48. The van der Waals surface area contributed by atoms with Crippen LogP contribution in [0, 0.1) is 5.82 Å². The minimum absolute atomic E-state index is 0.271. The first kappa shape index (κ1) is 10.9. The average molecular weight is 194 g/mol. The van der Waals surface area contributed by atoms with E-state index in [2.05, 4.69) is 17.2 Å². The molecule has 1 rings (SSSR count). The molecule has 76 valence electrons. The van der Waals surface area contributed by atoms with Crippen LogP contribution >= 0.6 is 0 Å². The molecule has 0 aromatic carbocycles. The zero-order valence-electron chi connectivity index (χ0n) is 8.33. The van der Waals surface area contributed by atoms with E-state index in [9.17, 15) is 4.39 Å². The van der Waals surface area contributed by atoms with Crippen LogP contribution in [-0.2, 0) is 0 Å². The van der Waals surface area contributed by atoms with E-state index >= 15 is 0 Å². The lowest BCUT2D eigenvalue weighted by Crippen LogP contribution is -2.12. The van der Waals surface area contributed by atoms with Crippen molar-refractivity contribution in [2.75, 3.05) is 13.1 Å². The minimum atomic E-state index is -0.271. The molecule has 3 heteroatoms. The first-order valence-electron chi connectivity index (χ1n) is 4.81. The van der Waals surface area contributed by atoms with Crippen molar-refractivity contribution in [2.45, 2.75) is 13.3 Å². The molecule has 0 saturated heterocycles. The van der Waals surface area contributed by atoms with E-state index in [-0.39, 0.29) is 5.82 Å². The summed E-state index contributed by atoms with van der Waals surface area (Å²) in [5, 5.41) is 3.19. The van der Waals surface area contributed by atoms with Gasteiger partial charge >= 0.3 is 0 Å². The zero-order valence-corrected chi connectivity index (χ0v) is 8.33. The Morgan fingerprint density at radius 2 is 2.43 bits per heavy atom. The van der Waals surface area contributed by atoms with Gasteiger partial charge in [-0.2, -0.15) is 0 Å². The molecule has 0 aliphatic heterocycles. The quantitative estimate of drug-likeness (QED) is 0.727. The van der Waals surface area contributed by atoms with Crippen molar-refractivity contribution in [1.82, 2.24) is 10.3 Å². The van der Waals surface area contributed by atoms with Gasteiger partial charge in [0.15, 0.2) is 0 Å². The predicted molar refractivity (Wildman–Crippen MR) is 56.4 cm³/mol. The van der Waals surface area contributed by atoms with E-state index in [1.807, 2.05) is 6.08 Å². The van der Waals surface area contributed by atoms with Crippen LogP contribution in [0.3, 0.4) is 0 Å². The van der Waals surface area contributed by atoms with E-state index in [0.29, 0.717) is 5.56 Å². The number of rotatable bonds is 5. The van der Waals surface area contributed by atoms with Gasteiger partial charge in [-0.3, -0.25) is 4.98 Å². The Kier molecular flexibility index (Phi) is 4.86. The van der Waals surface area contributed by atoms with Crippen molar-refractivity contribution >= 4 is 6.08 Å². The Morgan fingerprint density at radius 1 is 1.57 bits per heavy atom. The lowest BCUT2D eigenvalue weighted by Gasteiger charge is -1.96. The second-order valence-corrected chi connectivity index (χ2v) is 2.94. The van der Waals surface area contributed by atoms with Crippen molar-refractivity contribution < 1.29 is 4.39 Å². The third kappa shape index (κ3) is 3.66. The Labute approximate surface area is 83.9 Å². The molecule has 0 fully saturated rings. The number of aromatic nitrogens is 1. The molecule has 14 heavy (non-hydrogen) atoms. The van der Waals surface area contributed by atoms with E-state index < -0.39 is 0 Å². The monoisotopic (exact) mass is 194 g/mol. The van der Waals surface area contributed by atoms with Gasteiger partial charge in [0.1, 0.15) is 5.82 Å². The van der Waals surface area contributed by atoms with Gasteiger partial charge in [0.05, 0.1) is 6.20 Å². The second kappa shape index (κ2) is 6.27. The van der Waals surface area contributed by atoms with Crippen LogP contribution in [0.4, 0.5) is 4.39 Å². The van der Waals surface area contributed by atoms with Crippen LogP contribution < -0.4 is 5.32 Å². The van der Waals surface area contributed by atoms with Crippen molar-refractivity contribution in [1.29, 1.82) is 0 Å². The fraction of sp³-hybridized carbons (Fsp3) is 0.364. The maximum absolute atomic E-state index is 13.0. The Balaban J connectivity index is 2.40. The van der Waals surface area contributed by atoms with Gasteiger partial charge in [0, 0.05) is 11.8 Å². The van der Waals surface area contributed by atoms with Gasteiger partial charge in [-0.25, -0.2) is 4.39 Å². The second-order valence-electron chi connectivity index (χ2n) is 2.94. The summed E-state index contributed by atoms with van der Waals surface area (Å²) >= 11 is 0. The summed E-state index contributed by atoms with van der Waals surface area (Å²) < 4.78 is 13.0. The van der Waals surface area contributed by atoms with E-state index in [1.54, 1.807) is 18.3 Å². The van der Waals surface area contributed by atoms with E-state index in [1.165, 1.54) is 6.20 Å². The Morgan fingerprint density at radius 3 is 3.14 bits per heavy atom. The number of halogens is 1. The topological polar surface area (TPSA) is 24.9 Å². The molecule has 1 aromatic heterocycles. The Bertz CT molecular complexity index is 297. The first-order valence-corrected chi connectivity index (χ1v) is 4.81. The highest BCUT2D eigenvalue weighted by Gasteiger charge is 1.94. The smallest absolute Gasteiger partial charge is 0.148 e. The summed E-state index contributed by atoms with van der Waals surface area (Å²) in [6, 6.07) is 1.67. The fourth-order valence-electron chi connectivity index (χ4n) is 1.09. The average Bonchev–Trinajstić information content (AvgIpc) is 2.20. The van der Waals surface area contributed by atoms with Crippen LogP contribution in [0.15, 0.2) is 24.5 Å². The van der Waals surface area contributed by atoms with Crippen LogP contribution in [0.2, 0.25) is 0 Å². The largest absolute Gasteiger partial charge is 0.317 e. The molecule has 1 heterocycles. The van der Waals surface area contributed by atoms with Crippen molar-refractivity contribution in [2.24, 2.45) is 0 Å². The Hall–Kier alpha value is -1.22. The van der Waals surface area contributed by atoms with E-state index in [0.717, 1.165) is 19.5 Å². The summed E-state index contributed by atoms with van der Waals surface area (Å²) in [6.07, 6.45) is 7.47. The van der Waals surface area contributed by atoms with Crippen molar-refractivity contribution in [3.05, 3.63) is 35.9 Å². The normalized spacial score (nSPS) is 11.0. The number of nitrogens with zero attached hydrogens (tertiary/aromatic N) is 1. The maximum atomic E-state index is 13.0. The number of hydrogen-bond acceptors (Lipinski definition) is 2. The molecular formula is C11H15FN2. The maximum Gasteiger partial charge on any atom is 0.148 e. The third-order valence-electron chi connectivity index (χ3n) is 1.84. The molecule has 0 spiro atoms. The van der Waals surface area contributed by atoms with Gasteiger partial charge in [-0.15, -0.1) is 0 Å². The highest BCUT2D eigenvalue weighted by atomic mass is 19.1. The van der Waals surface area contributed by atoms with Crippen LogP contribution in [0.1, 0.15) is 18.9 Å². The zero-order chi connectivity index (χ0) is 10.2. The lowest BCUT2D eigenvalue weighted by molar-refractivity contribution is 0.618. The van der Waals surface area contributed by atoms with Crippen LogP contribution in [0.5, 0.6) is 0 Å². The molecule has 2 nitrogen and oxygen atoms in total. The molecule has 0 aliphatic rings. The standard InChI is InChI=1S/C11H15FN2/c1-2-13-7-4-3-5-10-6-8-14-9-11(10)12/h3,5-6,8-9,13H,2,4,7H2,1H3/b5-3+. The molecule has 0 bridgehead atoms. The molecule has 0 amide bonds. The van der Waals surface area contributed by atoms with Gasteiger partial charge in [0.2, 0.25) is 0 Å². The number of hydrogen-bond donors (Lipinski definition) is 1. The van der Waals surface area contributed by atoms with Gasteiger partial charge in [-0.1, -0.05) is 19.1 Å². The fourth-order valence-corrected chi connectivity index (χ4v) is 1.09. The molecule has 0 unspecified atom stereocenters. The molecule has 1 aromatic rings. The summed E-state index contributed by atoms with van der Waals surface area (Å²) in [6.45, 7) is 3.96. The molecule has 0 atom stereocenters. The molecule has 0 aliphatic carbocycles. The molecule has 1 N–H and O–H groups in total. The first-order chi connectivity index (χ1) is 6.84. The highest BCUT2D eigenvalue weighted by Crippen LogP contribution is 2.06. The minimum Gasteiger partial charge on any atom is -0.317 e.